The first-order chi connectivity index (χ1) is 15.1. The Morgan fingerprint density at radius 2 is 1.90 bits per heavy atom. The molecule has 0 unspecified atom stereocenters. The lowest BCUT2D eigenvalue weighted by Crippen LogP contribution is -2.43. The van der Waals surface area contributed by atoms with Crippen molar-refractivity contribution in [2.75, 3.05) is 32.8 Å². The molecule has 31 heavy (non-hydrogen) atoms. The topological polar surface area (TPSA) is 87.3 Å². The highest BCUT2D eigenvalue weighted by Crippen LogP contribution is 2.21. The molecule has 1 fully saturated rings. The van der Waals surface area contributed by atoms with Crippen LogP contribution in [0.4, 0.5) is 4.39 Å². The molecule has 1 aliphatic heterocycles. The summed E-state index contributed by atoms with van der Waals surface area (Å²) in [4.78, 5) is 34.1. The number of morpholine rings is 1. The summed E-state index contributed by atoms with van der Waals surface area (Å²) in [5.41, 5.74) is 1.36. The van der Waals surface area contributed by atoms with Crippen LogP contribution in [0.2, 0.25) is 0 Å². The number of aryl methyl sites for hydroxylation is 1. The number of hydrogen-bond donors (Lipinski definition) is 2. The Balaban J connectivity index is 1.38. The highest BCUT2D eigenvalue weighted by molar-refractivity contribution is 5.78. The van der Waals surface area contributed by atoms with E-state index < -0.39 is 0 Å². The number of aromatic amines is 1. The van der Waals surface area contributed by atoms with Crippen LogP contribution < -0.4 is 10.9 Å². The third kappa shape index (κ3) is 5.34. The summed E-state index contributed by atoms with van der Waals surface area (Å²) < 4.78 is 18.8. The first kappa shape index (κ1) is 21.1. The number of nitrogens with zero attached hydrogens (tertiary/aromatic N) is 2. The first-order valence-corrected chi connectivity index (χ1v) is 10.4. The Kier molecular flexibility index (Phi) is 6.69. The minimum Gasteiger partial charge on any atom is -0.379 e. The minimum absolute atomic E-state index is 0.0629. The van der Waals surface area contributed by atoms with Gasteiger partial charge in [0.15, 0.2) is 0 Å². The largest absolute Gasteiger partial charge is 0.379 e. The molecule has 2 aromatic carbocycles. The number of carbonyl (C=O) groups excluding carboxylic acids is 1. The standard InChI is InChI=1S/C23H25FN4O3/c24-17-7-5-16(6-8-17)20(28-11-13-31-14-12-28)15-25-22(29)10-9-21-26-19-4-2-1-3-18(19)23(30)27-21/h1-8,20H,9-15H2,(H,25,29)(H,26,27,30)/t20-/m0/s1. The van der Waals surface area contributed by atoms with Crippen LogP contribution in [0.1, 0.15) is 23.9 Å². The van der Waals surface area contributed by atoms with E-state index in [4.69, 9.17) is 4.74 Å². The van der Waals surface area contributed by atoms with E-state index in [9.17, 15) is 14.0 Å². The smallest absolute Gasteiger partial charge is 0.258 e. The molecule has 1 saturated heterocycles. The Labute approximate surface area is 179 Å². The van der Waals surface area contributed by atoms with Crippen LogP contribution >= 0.6 is 0 Å². The summed E-state index contributed by atoms with van der Waals surface area (Å²) in [5, 5.41) is 3.51. The minimum atomic E-state index is -0.287. The van der Waals surface area contributed by atoms with Gasteiger partial charge in [-0.15, -0.1) is 0 Å². The number of H-pyrrole nitrogens is 1. The average molecular weight is 424 g/mol. The van der Waals surface area contributed by atoms with Gasteiger partial charge in [-0.1, -0.05) is 24.3 Å². The number of ether oxygens (including phenoxy) is 1. The van der Waals surface area contributed by atoms with Crippen LogP contribution in [0.25, 0.3) is 10.9 Å². The van der Waals surface area contributed by atoms with E-state index in [1.807, 2.05) is 6.07 Å². The molecular formula is C23H25FN4O3. The molecule has 1 atom stereocenters. The van der Waals surface area contributed by atoms with E-state index in [2.05, 4.69) is 20.2 Å². The van der Waals surface area contributed by atoms with Gasteiger partial charge in [0.1, 0.15) is 11.6 Å². The van der Waals surface area contributed by atoms with Crippen molar-refractivity contribution in [3.05, 3.63) is 76.1 Å². The van der Waals surface area contributed by atoms with Crippen molar-refractivity contribution in [2.24, 2.45) is 0 Å². The van der Waals surface area contributed by atoms with Gasteiger partial charge in [0.05, 0.1) is 30.2 Å². The van der Waals surface area contributed by atoms with E-state index in [0.717, 1.165) is 18.7 Å². The zero-order valence-electron chi connectivity index (χ0n) is 17.1. The van der Waals surface area contributed by atoms with Crippen LogP contribution in [0.15, 0.2) is 53.3 Å². The number of para-hydroxylation sites is 1. The molecule has 0 aliphatic carbocycles. The van der Waals surface area contributed by atoms with Gasteiger partial charge in [0.2, 0.25) is 5.91 Å². The first-order valence-electron chi connectivity index (χ1n) is 10.4. The summed E-state index contributed by atoms with van der Waals surface area (Å²) in [6.45, 7) is 3.17. The van der Waals surface area contributed by atoms with E-state index in [-0.39, 0.29) is 29.7 Å². The van der Waals surface area contributed by atoms with E-state index in [0.29, 0.717) is 42.9 Å². The maximum Gasteiger partial charge on any atom is 0.258 e. The van der Waals surface area contributed by atoms with Gasteiger partial charge in [-0.2, -0.15) is 0 Å². The predicted molar refractivity (Wildman–Crippen MR) is 115 cm³/mol. The van der Waals surface area contributed by atoms with Gasteiger partial charge < -0.3 is 15.0 Å². The van der Waals surface area contributed by atoms with Gasteiger partial charge in [0, 0.05) is 32.5 Å². The molecule has 7 nitrogen and oxygen atoms in total. The predicted octanol–water partition coefficient (Wildman–Crippen LogP) is 2.18. The Morgan fingerprint density at radius 1 is 1.16 bits per heavy atom. The third-order valence-corrected chi connectivity index (χ3v) is 5.48. The molecular weight excluding hydrogens is 399 g/mol. The van der Waals surface area contributed by atoms with Crippen molar-refractivity contribution in [3.8, 4) is 0 Å². The van der Waals surface area contributed by atoms with Crippen molar-refractivity contribution in [1.82, 2.24) is 20.2 Å². The Bertz CT molecular complexity index is 1090. The van der Waals surface area contributed by atoms with Gasteiger partial charge in [-0.25, -0.2) is 9.37 Å². The number of nitrogens with one attached hydrogen (secondary N) is 2. The molecule has 2 N–H and O–H groups in total. The van der Waals surface area contributed by atoms with Crippen LogP contribution in [0.3, 0.4) is 0 Å². The van der Waals surface area contributed by atoms with Gasteiger partial charge in [0.25, 0.3) is 5.56 Å². The van der Waals surface area contributed by atoms with Crippen LogP contribution in [0, 0.1) is 5.82 Å². The highest BCUT2D eigenvalue weighted by atomic mass is 19.1. The lowest BCUT2D eigenvalue weighted by atomic mass is 10.0. The number of hydrogen-bond acceptors (Lipinski definition) is 5. The number of halogens is 1. The van der Waals surface area contributed by atoms with Crippen LogP contribution in [-0.4, -0.2) is 53.6 Å². The third-order valence-electron chi connectivity index (χ3n) is 5.48. The van der Waals surface area contributed by atoms with Crippen molar-refractivity contribution >= 4 is 16.8 Å². The average Bonchev–Trinajstić information content (AvgIpc) is 2.80. The van der Waals surface area contributed by atoms with Crippen LogP contribution in [-0.2, 0) is 16.0 Å². The van der Waals surface area contributed by atoms with Crippen molar-refractivity contribution in [3.63, 3.8) is 0 Å². The van der Waals surface area contributed by atoms with E-state index >= 15 is 0 Å². The second kappa shape index (κ2) is 9.80. The molecule has 0 bridgehead atoms. The summed E-state index contributed by atoms with van der Waals surface area (Å²) in [6.07, 6.45) is 0.547. The highest BCUT2D eigenvalue weighted by Gasteiger charge is 2.23. The molecule has 3 aromatic rings. The van der Waals surface area contributed by atoms with Crippen molar-refractivity contribution in [2.45, 2.75) is 18.9 Å². The number of carbonyl (C=O) groups is 1. The van der Waals surface area contributed by atoms with E-state index in [1.165, 1.54) is 12.1 Å². The summed E-state index contributed by atoms with van der Waals surface area (Å²) >= 11 is 0. The fraction of sp³-hybridized carbons (Fsp3) is 0.348. The second-order valence-electron chi connectivity index (χ2n) is 7.55. The molecule has 0 saturated carbocycles. The molecule has 8 heteroatoms. The fourth-order valence-corrected chi connectivity index (χ4v) is 3.82. The normalized spacial score (nSPS) is 15.6. The molecule has 0 spiro atoms. The summed E-state index contributed by atoms with van der Waals surface area (Å²) in [7, 11) is 0. The Hall–Kier alpha value is -3.10. The van der Waals surface area contributed by atoms with E-state index in [1.54, 1.807) is 30.3 Å². The molecule has 2 heterocycles. The summed E-state index contributed by atoms with van der Waals surface area (Å²) in [5.74, 6) is 0.0729. The van der Waals surface area contributed by atoms with Crippen LogP contribution in [0.5, 0.6) is 0 Å². The molecule has 162 valence electrons. The maximum atomic E-state index is 13.4. The molecule has 4 rings (SSSR count). The number of amides is 1. The quantitative estimate of drug-likeness (QED) is 0.607. The zero-order valence-corrected chi connectivity index (χ0v) is 17.1. The Morgan fingerprint density at radius 3 is 2.68 bits per heavy atom. The maximum absolute atomic E-state index is 13.4. The number of fused-ring (bicyclic) bond motifs is 1. The molecule has 1 amide bonds. The van der Waals surface area contributed by atoms with Gasteiger partial charge in [-0.3, -0.25) is 14.5 Å². The van der Waals surface area contributed by atoms with Gasteiger partial charge >= 0.3 is 0 Å². The molecule has 1 aliphatic rings. The number of rotatable bonds is 7. The lowest BCUT2D eigenvalue weighted by Gasteiger charge is -2.35. The van der Waals surface area contributed by atoms with Gasteiger partial charge in [-0.05, 0) is 29.8 Å². The van der Waals surface area contributed by atoms with Crippen molar-refractivity contribution < 1.29 is 13.9 Å². The van der Waals surface area contributed by atoms with Crippen molar-refractivity contribution in [1.29, 1.82) is 0 Å². The lowest BCUT2D eigenvalue weighted by molar-refractivity contribution is -0.121. The number of aromatic nitrogens is 2. The molecule has 1 aromatic heterocycles. The summed E-state index contributed by atoms with van der Waals surface area (Å²) in [6, 6.07) is 13.4. The second-order valence-corrected chi connectivity index (χ2v) is 7.55. The molecule has 0 radical (unpaired) electrons. The fourth-order valence-electron chi connectivity index (χ4n) is 3.82. The SMILES string of the molecule is O=C(CCc1nc2ccccc2c(=O)[nH]1)NC[C@@H](c1ccc(F)cc1)N1CCOCC1. The zero-order chi connectivity index (χ0) is 21.6. The monoisotopic (exact) mass is 424 g/mol. The number of benzene rings is 2.